The first kappa shape index (κ1) is 75.5. The average Bonchev–Trinajstić information content (AvgIpc) is 3.40. The predicted octanol–water partition coefficient (Wildman–Crippen LogP) is 19.8. The summed E-state index contributed by atoms with van der Waals surface area (Å²) < 4.78 is 30.3. The van der Waals surface area contributed by atoms with Crippen LogP contribution < -0.4 is 10.2 Å². The monoisotopic (exact) mass is 1110 g/mol. The van der Waals surface area contributed by atoms with Crippen molar-refractivity contribution < 1.29 is 37.3 Å². The number of ether oxygens (including phenoxy) is 1. The van der Waals surface area contributed by atoms with Crippen LogP contribution in [0.3, 0.4) is 0 Å². The molecule has 0 aliphatic carbocycles. The fraction of sp³-hybridized carbons (Fsp3) is 0.794. The van der Waals surface area contributed by atoms with Gasteiger partial charge in [0.2, 0.25) is 5.91 Å². The number of likely N-dealkylation sites (N-methyl/N-ethyl adjacent to an activating group) is 1. The number of phosphoric ester groups is 1. The Hall–Kier alpha value is -2.55. The van der Waals surface area contributed by atoms with Gasteiger partial charge in [0.1, 0.15) is 19.3 Å². The molecule has 0 aromatic rings. The number of hydrogen-bond acceptors (Lipinski definition) is 7. The van der Waals surface area contributed by atoms with Crippen LogP contribution in [-0.2, 0) is 27.9 Å². The first-order valence-corrected chi connectivity index (χ1v) is 34.2. The molecule has 0 aromatic heterocycles. The van der Waals surface area contributed by atoms with Gasteiger partial charge in [0.25, 0.3) is 7.82 Å². The molecular weight excluding hydrogens is 988 g/mol. The lowest BCUT2D eigenvalue weighted by Crippen LogP contribution is -2.47. The normalized spacial score (nSPS) is 14.1. The van der Waals surface area contributed by atoms with E-state index in [0.717, 1.165) is 83.5 Å². The van der Waals surface area contributed by atoms with Crippen molar-refractivity contribution in [1.29, 1.82) is 0 Å². The second kappa shape index (κ2) is 57.7. The zero-order valence-corrected chi connectivity index (χ0v) is 52.8. The molecule has 3 unspecified atom stereocenters. The number of amides is 1. The van der Waals surface area contributed by atoms with E-state index in [9.17, 15) is 19.0 Å². The lowest BCUT2D eigenvalue weighted by atomic mass is 10.0. The third-order valence-electron chi connectivity index (χ3n) is 14.4. The third kappa shape index (κ3) is 58.1. The summed E-state index contributed by atoms with van der Waals surface area (Å²) in [5, 5.41) is 3.01. The molecule has 0 heterocycles. The van der Waals surface area contributed by atoms with Crippen molar-refractivity contribution in [3.63, 3.8) is 0 Å². The molecule has 9 nitrogen and oxygen atoms in total. The maximum absolute atomic E-state index is 13.5. The van der Waals surface area contributed by atoms with E-state index >= 15 is 0 Å². The number of carbonyl (C=O) groups excluding carboxylic acids is 2. The Morgan fingerprint density at radius 1 is 0.462 bits per heavy atom. The molecule has 0 aliphatic rings. The van der Waals surface area contributed by atoms with Crippen LogP contribution in [-0.4, -0.2) is 69.4 Å². The molecule has 1 N–H and O–H groups in total. The number of esters is 1. The standard InChI is InChI=1S/C68H125N2O7P/c1-7-10-13-16-19-22-25-27-29-31-32-33-34-35-36-37-38-39-41-43-46-49-52-55-58-61-68(72)77-66(59-56-53-50-47-44-24-21-18-15-12-9-3)65(64-76-78(73,74)75-63-62-70(4,5)6)69-67(71)60-57-54-51-48-45-42-40-30-28-26-23-20-17-14-11-8-2/h11,14,20,23,27-30,42,45,56,59,65-66H,7-10,12-13,15-19,21-22,24-26,31-41,43-44,46-55,57-58,60-64H2,1-6H3,(H-,69,71,73,74)/b14-11+,23-20+,29-27+,30-28+,45-42+,59-56-. The van der Waals surface area contributed by atoms with Gasteiger partial charge in [-0.05, 0) is 96.0 Å². The molecule has 3 atom stereocenters. The van der Waals surface area contributed by atoms with Crippen molar-refractivity contribution >= 4 is 19.7 Å². The molecule has 0 radical (unpaired) electrons. The van der Waals surface area contributed by atoms with Crippen LogP contribution in [0.2, 0.25) is 0 Å². The van der Waals surface area contributed by atoms with Crippen LogP contribution in [0.25, 0.3) is 0 Å². The maximum Gasteiger partial charge on any atom is 0.306 e. The number of carbonyl (C=O) groups is 2. The zero-order chi connectivity index (χ0) is 57.2. The third-order valence-corrected chi connectivity index (χ3v) is 15.3. The van der Waals surface area contributed by atoms with Crippen molar-refractivity contribution in [3.05, 3.63) is 72.9 Å². The number of unbranched alkanes of at least 4 members (excludes halogenated alkanes) is 33. The molecule has 0 rings (SSSR count). The molecule has 10 heteroatoms. The van der Waals surface area contributed by atoms with Gasteiger partial charge in [-0.15, -0.1) is 0 Å². The van der Waals surface area contributed by atoms with Gasteiger partial charge in [-0.3, -0.25) is 14.2 Å². The van der Waals surface area contributed by atoms with Gasteiger partial charge in [0, 0.05) is 12.8 Å². The van der Waals surface area contributed by atoms with Gasteiger partial charge in [0.15, 0.2) is 0 Å². The first-order valence-electron chi connectivity index (χ1n) is 32.7. The van der Waals surface area contributed by atoms with Gasteiger partial charge in [-0.1, -0.05) is 261 Å². The molecule has 0 saturated carbocycles. The number of nitrogens with zero attached hydrogens (tertiary/aromatic N) is 1. The minimum atomic E-state index is -4.71. The van der Waals surface area contributed by atoms with E-state index in [0.29, 0.717) is 17.4 Å². The van der Waals surface area contributed by atoms with Crippen LogP contribution in [0.1, 0.15) is 297 Å². The van der Waals surface area contributed by atoms with E-state index in [2.05, 4.69) is 86.8 Å². The largest absolute Gasteiger partial charge is 0.756 e. The highest BCUT2D eigenvalue weighted by Crippen LogP contribution is 2.38. The van der Waals surface area contributed by atoms with Gasteiger partial charge in [0.05, 0.1) is 33.8 Å². The molecule has 0 aliphatic heterocycles. The summed E-state index contributed by atoms with van der Waals surface area (Å²) in [5.74, 6) is -0.572. The molecule has 454 valence electrons. The molecule has 0 aromatic carbocycles. The second-order valence-corrected chi connectivity index (χ2v) is 24.6. The molecule has 1 amide bonds. The zero-order valence-electron chi connectivity index (χ0n) is 51.9. The maximum atomic E-state index is 13.5. The summed E-state index contributed by atoms with van der Waals surface area (Å²) in [7, 11) is 1.16. The summed E-state index contributed by atoms with van der Waals surface area (Å²) in [6.45, 7) is 6.71. The Kier molecular flexibility index (Phi) is 55.8. The lowest BCUT2D eigenvalue weighted by Gasteiger charge is -2.30. The highest BCUT2D eigenvalue weighted by molar-refractivity contribution is 7.45. The van der Waals surface area contributed by atoms with Crippen LogP contribution in [0.5, 0.6) is 0 Å². The lowest BCUT2D eigenvalue weighted by molar-refractivity contribution is -0.870. The Morgan fingerprint density at radius 2 is 0.821 bits per heavy atom. The molecule has 0 fully saturated rings. The Balaban J connectivity index is 5.09. The van der Waals surface area contributed by atoms with Gasteiger partial charge >= 0.3 is 5.97 Å². The fourth-order valence-corrected chi connectivity index (χ4v) is 10.1. The number of nitrogens with one attached hydrogen (secondary N) is 1. The number of phosphoric acid groups is 1. The molecule has 0 spiro atoms. The summed E-state index contributed by atoms with van der Waals surface area (Å²) in [6.07, 6.45) is 74.6. The van der Waals surface area contributed by atoms with Gasteiger partial charge in [-0.25, -0.2) is 0 Å². The predicted molar refractivity (Wildman–Crippen MR) is 335 cm³/mol. The SMILES string of the molecule is CC/C=C/C/C=C/C/C=C/C/C=C/CCCCCC(=O)NC(COP(=O)([O-])OCC[N+](C)(C)C)C(/C=C\CCCCCCCCCCC)OC(=O)CCCCCCCCCCCCCCCCC/C=C/CCCCCCCC. The summed E-state index contributed by atoms with van der Waals surface area (Å²) >= 11 is 0. The smallest absolute Gasteiger partial charge is 0.306 e. The van der Waals surface area contributed by atoms with Crippen molar-refractivity contribution in [1.82, 2.24) is 5.32 Å². The summed E-state index contributed by atoms with van der Waals surface area (Å²) in [4.78, 5) is 40.0. The second-order valence-electron chi connectivity index (χ2n) is 23.2. The number of rotatable bonds is 59. The Morgan fingerprint density at radius 3 is 1.26 bits per heavy atom. The van der Waals surface area contributed by atoms with E-state index in [1.807, 2.05) is 33.3 Å². The van der Waals surface area contributed by atoms with Gasteiger partial charge in [-0.2, -0.15) is 0 Å². The fourth-order valence-electron chi connectivity index (χ4n) is 9.33. The Labute approximate surface area is 483 Å². The molecule has 0 bridgehead atoms. The van der Waals surface area contributed by atoms with Crippen molar-refractivity contribution in [2.24, 2.45) is 0 Å². The van der Waals surface area contributed by atoms with E-state index < -0.39 is 26.6 Å². The molecule has 0 saturated heterocycles. The minimum Gasteiger partial charge on any atom is -0.756 e. The minimum absolute atomic E-state index is 0.0302. The van der Waals surface area contributed by atoms with E-state index in [1.54, 1.807) is 0 Å². The van der Waals surface area contributed by atoms with E-state index in [4.69, 9.17) is 13.8 Å². The average molecular weight is 1110 g/mol. The Bertz CT molecular complexity index is 1570. The van der Waals surface area contributed by atoms with Crippen molar-refractivity contribution in [3.8, 4) is 0 Å². The molecule has 78 heavy (non-hydrogen) atoms. The number of allylic oxidation sites excluding steroid dienone is 11. The van der Waals surface area contributed by atoms with Gasteiger partial charge < -0.3 is 28.5 Å². The van der Waals surface area contributed by atoms with Crippen LogP contribution >= 0.6 is 7.82 Å². The quantitative estimate of drug-likeness (QED) is 0.0212. The first-order chi connectivity index (χ1) is 37.9. The van der Waals surface area contributed by atoms with Crippen LogP contribution in [0, 0.1) is 0 Å². The van der Waals surface area contributed by atoms with E-state index in [-0.39, 0.29) is 31.3 Å². The van der Waals surface area contributed by atoms with Crippen molar-refractivity contribution in [2.45, 2.75) is 309 Å². The van der Waals surface area contributed by atoms with Crippen LogP contribution in [0.4, 0.5) is 0 Å². The van der Waals surface area contributed by atoms with Crippen molar-refractivity contribution in [2.75, 3.05) is 40.9 Å². The topological polar surface area (TPSA) is 114 Å². The summed E-state index contributed by atoms with van der Waals surface area (Å²) in [6, 6.07) is -0.906. The van der Waals surface area contributed by atoms with E-state index in [1.165, 1.54) is 173 Å². The molecular formula is C68H125N2O7P. The highest BCUT2D eigenvalue weighted by Gasteiger charge is 2.27. The number of hydrogen-bond donors (Lipinski definition) is 1. The highest BCUT2D eigenvalue weighted by atomic mass is 31.2. The van der Waals surface area contributed by atoms with Crippen LogP contribution in [0.15, 0.2) is 72.9 Å². The summed E-state index contributed by atoms with van der Waals surface area (Å²) in [5.41, 5.74) is 0. The number of quaternary nitrogens is 1.